The van der Waals surface area contributed by atoms with Gasteiger partial charge in [0, 0.05) is 41.5 Å². The number of ether oxygens (including phenoxy) is 2. The maximum absolute atomic E-state index is 13.6. The molecule has 1 saturated heterocycles. The predicted octanol–water partition coefficient (Wildman–Crippen LogP) is 4.17. The molecular weight excluding hydrogens is 406 g/mol. The van der Waals surface area contributed by atoms with E-state index >= 15 is 0 Å². The van der Waals surface area contributed by atoms with Gasteiger partial charge in [-0.05, 0) is 36.4 Å². The van der Waals surface area contributed by atoms with Gasteiger partial charge in [-0.3, -0.25) is 9.69 Å². The molecule has 0 atom stereocenters. The van der Waals surface area contributed by atoms with Gasteiger partial charge in [-0.1, -0.05) is 24.3 Å². The minimum atomic E-state index is -0.144. The molecule has 2 aliphatic heterocycles. The summed E-state index contributed by atoms with van der Waals surface area (Å²) < 4.78 is 11.5. The standard InChI is InChI=1S/C25H23N3O4/c1-31-21-10-9-19-16-27(15-18-5-2-3-8-22(18)32-23(19)14-21)24(29)17-6-4-7-20(13-17)28-12-11-26-25(28)30/h2-10,13-14H,11-12,15-16H2,1H3,(H,26,30). The van der Waals surface area contributed by atoms with Gasteiger partial charge in [0.1, 0.15) is 17.2 Å². The van der Waals surface area contributed by atoms with Crippen molar-refractivity contribution in [2.75, 3.05) is 25.1 Å². The first-order valence-electron chi connectivity index (χ1n) is 10.5. The quantitative estimate of drug-likeness (QED) is 0.678. The van der Waals surface area contributed by atoms with Gasteiger partial charge in [-0.25, -0.2) is 4.79 Å². The van der Waals surface area contributed by atoms with Crippen molar-refractivity contribution < 1.29 is 19.1 Å². The Morgan fingerprint density at radius 1 is 0.969 bits per heavy atom. The first-order chi connectivity index (χ1) is 15.6. The van der Waals surface area contributed by atoms with E-state index in [1.54, 1.807) is 29.0 Å². The van der Waals surface area contributed by atoms with Crippen LogP contribution < -0.4 is 19.7 Å². The molecule has 1 N–H and O–H groups in total. The number of fused-ring (bicyclic) bond motifs is 2. The van der Waals surface area contributed by atoms with Gasteiger partial charge in [0.05, 0.1) is 20.2 Å². The third kappa shape index (κ3) is 3.73. The second-order valence-corrected chi connectivity index (χ2v) is 7.78. The summed E-state index contributed by atoms with van der Waals surface area (Å²) >= 11 is 0. The van der Waals surface area contributed by atoms with Crippen LogP contribution in [0.4, 0.5) is 10.5 Å². The molecule has 7 nitrogen and oxygen atoms in total. The second kappa shape index (κ2) is 8.26. The molecular formula is C25H23N3O4. The molecule has 3 aromatic carbocycles. The fourth-order valence-electron chi connectivity index (χ4n) is 4.06. The van der Waals surface area contributed by atoms with E-state index in [9.17, 15) is 9.59 Å². The number of methoxy groups -OCH3 is 1. The molecule has 0 spiro atoms. The highest BCUT2D eigenvalue weighted by Gasteiger charge is 2.25. The van der Waals surface area contributed by atoms with E-state index < -0.39 is 0 Å². The van der Waals surface area contributed by atoms with E-state index in [2.05, 4.69) is 5.32 Å². The molecule has 0 unspecified atom stereocenters. The second-order valence-electron chi connectivity index (χ2n) is 7.78. The third-order valence-corrected chi connectivity index (χ3v) is 5.74. The Balaban J connectivity index is 1.51. The number of anilines is 1. The first-order valence-corrected chi connectivity index (χ1v) is 10.5. The summed E-state index contributed by atoms with van der Waals surface area (Å²) in [7, 11) is 1.61. The largest absolute Gasteiger partial charge is 0.497 e. The molecule has 3 amide bonds. The number of hydrogen-bond donors (Lipinski definition) is 1. The smallest absolute Gasteiger partial charge is 0.321 e. The van der Waals surface area contributed by atoms with E-state index in [-0.39, 0.29) is 11.9 Å². The van der Waals surface area contributed by atoms with Crippen molar-refractivity contribution in [3.8, 4) is 17.2 Å². The van der Waals surface area contributed by atoms with Gasteiger partial charge in [0.25, 0.3) is 5.91 Å². The monoisotopic (exact) mass is 429 g/mol. The average Bonchev–Trinajstić information content (AvgIpc) is 3.24. The summed E-state index contributed by atoms with van der Waals surface area (Å²) in [5, 5.41) is 2.79. The minimum absolute atomic E-state index is 0.107. The highest BCUT2D eigenvalue weighted by atomic mass is 16.5. The molecule has 2 heterocycles. The zero-order valence-electron chi connectivity index (χ0n) is 17.7. The molecule has 0 aromatic heterocycles. The summed E-state index contributed by atoms with van der Waals surface area (Å²) in [6, 6.07) is 20.4. The van der Waals surface area contributed by atoms with Gasteiger partial charge in [-0.15, -0.1) is 0 Å². The number of amides is 3. The van der Waals surface area contributed by atoms with Crippen molar-refractivity contribution >= 4 is 17.6 Å². The van der Waals surface area contributed by atoms with Crippen LogP contribution in [-0.2, 0) is 13.1 Å². The van der Waals surface area contributed by atoms with Crippen LogP contribution in [0.1, 0.15) is 21.5 Å². The fourth-order valence-corrected chi connectivity index (χ4v) is 4.06. The summed E-state index contributed by atoms with van der Waals surface area (Å²) in [5.74, 6) is 1.96. The molecule has 2 aliphatic rings. The van der Waals surface area contributed by atoms with Crippen LogP contribution in [0.25, 0.3) is 0 Å². The number of nitrogens with zero attached hydrogens (tertiary/aromatic N) is 2. The first kappa shape index (κ1) is 19.9. The van der Waals surface area contributed by atoms with Crippen molar-refractivity contribution in [3.63, 3.8) is 0 Å². The molecule has 32 heavy (non-hydrogen) atoms. The molecule has 0 radical (unpaired) electrons. The number of nitrogens with one attached hydrogen (secondary N) is 1. The van der Waals surface area contributed by atoms with E-state index in [0.717, 1.165) is 11.1 Å². The van der Waals surface area contributed by atoms with Crippen LogP contribution in [0.15, 0.2) is 66.7 Å². The third-order valence-electron chi connectivity index (χ3n) is 5.74. The van der Waals surface area contributed by atoms with E-state index in [1.165, 1.54) is 0 Å². The summed E-state index contributed by atoms with van der Waals surface area (Å²) in [6.07, 6.45) is 0. The SMILES string of the molecule is COc1ccc2c(c1)Oc1ccccc1CN(C(=O)c1cccc(N3CCNC3=O)c1)C2. The Bertz CT molecular complexity index is 1190. The summed E-state index contributed by atoms with van der Waals surface area (Å²) in [5.41, 5.74) is 3.07. The van der Waals surface area contributed by atoms with Crippen molar-refractivity contribution in [3.05, 3.63) is 83.4 Å². The predicted molar refractivity (Wildman–Crippen MR) is 120 cm³/mol. The van der Waals surface area contributed by atoms with Crippen LogP contribution in [-0.4, -0.2) is 37.0 Å². The van der Waals surface area contributed by atoms with Crippen LogP contribution in [0.3, 0.4) is 0 Å². The molecule has 7 heteroatoms. The van der Waals surface area contributed by atoms with Crippen LogP contribution in [0, 0.1) is 0 Å². The number of hydrogen-bond acceptors (Lipinski definition) is 4. The van der Waals surface area contributed by atoms with E-state index in [4.69, 9.17) is 9.47 Å². The average molecular weight is 429 g/mol. The topological polar surface area (TPSA) is 71.1 Å². The highest BCUT2D eigenvalue weighted by Crippen LogP contribution is 2.35. The van der Waals surface area contributed by atoms with Crippen molar-refractivity contribution in [1.29, 1.82) is 0 Å². The van der Waals surface area contributed by atoms with Gasteiger partial charge in [-0.2, -0.15) is 0 Å². The van der Waals surface area contributed by atoms with Crippen LogP contribution in [0.5, 0.6) is 17.2 Å². The zero-order valence-corrected chi connectivity index (χ0v) is 17.7. The Hall–Kier alpha value is -4.00. The Morgan fingerprint density at radius 3 is 2.56 bits per heavy atom. The van der Waals surface area contributed by atoms with Crippen molar-refractivity contribution in [2.45, 2.75) is 13.1 Å². The molecule has 0 saturated carbocycles. The maximum Gasteiger partial charge on any atom is 0.321 e. The molecule has 0 aliphatic carbocycles. The number of urea groups is 1. The summed E-state index contributed by atoms with van der Waals surface area (Å²) in [6.45, 7) is 1.98. The number of para-hydroxylation sites is 1. The number of carbonyl (C=O) groups excluding carboxylic acids is 2. The lowest BCUT2D eigenvalue weighted by atomic mass is 10.1. The van der Waals surface area contributed by atoms with Gasteiger partial charge in [0.15, 0.2) is 0 Å². The maximum atomic E-state index is 13.6. The number of rotatable bonds is 3. The Morgan fingerprint density at radius 2 is 1.78 bits per heavy atom. The lowest BCUT2D eigenvalue weighted by Gasteiger charge is -2.28. The Kier molecular flexibility index (Phi) is 5.15. The number of carbonyl (C=O) groups is 2. The Labute approximate surface area is 186 Å². The summed E-state index contributed by atoms with van der Waals surface area (Å²) in [4.78, 5) is 29.1. The molecule has 1 fully saturated rings. The van der Waals surface area contributed by atoms with Crippen molar-refractivity contribution in [1.82, 2.24) is 10.2 Å². The van der Waals surface area contributed by atoms with Gasteiger partial charge >= 0.3 is 6.03 Å². The van der Waals surface area contributed by atoms with E-state index in [0.29, 0.717) is 54.7 Å². The molecule has 0 bridgehead atoms. The lowest BCUT2D eigenvalue weighted by molar-refractivity contribution is 0.0725. The van der Waals surface area contributed by atoms with Crippen molar-refractivity contribution in [2.24, 2.45) is 0 Å². The number of benzene rings is 3. The van der Waals surface area contributed by atoms with E-state index in [1.807, 2.05) is 54.6 Å². The molecule has 5 rings (SSSR count). The van der Waals surface area contributed by atoms with Crippen LogP contribution in [0.2, 0.25) is 0 Å². The van der Waals surface area contributed by atoms with Crippen LogP contribution >= 0.6 is 0 Å². The lowest BCUT2D eigenvalue weighted by Crippen LogP contribution is -2.32. The molecule has 3 aromatic rings. The molecule has 162 valence electrons. The van der Waals surface area contributed by atoms with Gasteiger partial charge in [0.2, 0.25) is 0 Å². The normalized spacial score (nSPS) is 15.1. The highest BCUT2D eigenvalue weighted by molar-refractivity contribution is 5.98. The van der Waals surface area contributed by atoms with Gasteiger partial charge < -0.3 is 19.7 Å². The fraction of sp³-hybridized carbons (Fsp3) is 0.200. The minimum Gasteiger partial charge on any atom is -0.497 e. The zero-order chi connectivity index (χ0) is 22.1.